The maximum atomic E-state index is 12.4. The number of ether oxygens (including phenoxy) is 1. The quantitative estimate of drug-likeness (QED) is 0.740. The molecule has 0 aliphatic heterocycles. The molecule has 6 nitrogen and oxygen atoms in total. The van der Waals surface area contributed by atoms with Crippen LogP contribution in [0.15, 0.2) is 56.3 Å². The fourth-order valence-corrected chi connectivity index (χ4v) is 3.43. The van der Waals surface area contributed by atoms with Crippen molar-refractivity contribution in [3.05, 3.63) is 52.9 Å². The Morgan fingerprint density at radius 1 is 1.11 bits per heavy atom. The van der Waals surface area contributed by atoms with Crippen molar-refractivity contribution in [2.75, 3.05) is 6.61 Å². The second-order valence-corrected chi connectivity index (χ2v) is 6.80. The van der Waals surface area contributed by atoms with Gasteiger partial charge < -0.3 is 18.9 Å². The first-order valence-electron chi connectivity index (χ1n) is 9.23. The summed E-state index contributed by atoms with van der Waals surface area (Å²) in [5.74, 6) is 1.19. The van der Waals surface area contributed by atoms with E-state index in [1.807, 2.05) is 0 Å². The van der Waals surface area contributed by atoms with Crippen LogP contribution in [0.25, 0.3) is 22.5 Å². The zero-order valence-corrected chi connectivity index (χ0v) is 14.9. The van der Waals surface area contributed by atoms with E-state index in [1.54, 1.807) is 30.3 Å². The number of furan rings is 1. The molecule has 1 saturated carbocycles. The van der Waals surface area contributed by atoms with Gasteiger partial charge in [-0.2, -0.15) is 0 Å². The molecule has 2 heterocycles. The van der Waals surface area contributed by atoms with Crippen LogP contribution in [-0.2, 0) is 4.79 Å². The minimum Gasteiger partial charge on any atom is -0.484 e. The first-order chi connectivity index (χ1) is 13.2. The van der Waals surface area contributed by atoms with Gasteiger partial charge in [-0.3, -0.25) is 9.59 Å². The van der Waals surface area contributed by atoms with Gasteiger partial charge in [0.15, 0.2) is 23.6 Å². The number of carbonyl (C=O) groups excluding carboxylic acids is 1. The monoisotopic (exact) mass is 367 g/mol. The molecule has 1 fully saturated rings. The third-order valence-electron chi connectivity index (χ3n) is 4.80. The van der Waals surface area contributed by atoms with E-state index in [2.05, 4.69) is 5.32 Å². The van der Waals surface area contributed by atoms with Gasteiger partial charge in [0.05, 0.1) is 11.6 Å². The van der Waals surface area contributed by atoms with Crippen LogP contribution in [0.3, 0.4) is 0 Å². The molecule has 6 heteroatoms. The highest BCUT2D eigenvalue weighted by atomic mass is 16.5. The fourth-order valence-electron chi connectivity index (χ4n) is 3.43. The molecule has 1 aromatic carbocycles. The maximum Gasteiger partial charge on any atom is 0.258 e. The van der Waals surface area contributed by atoms with Crippen LogP contribution >= 0.6 is 0 Å². The van der Waals surface area contributed by atoms with Gasteiger partial charge >= 0.3 is 0 Å². The SMILES string of the molecule is O=C(COc1ccc2oc(-c3ccco3)cc(=O)c2c1)NC1CCCCC1. The number of benzene rings is 1. The van der Waals surface area contributed by atoms with Crippen LogP contribution in [0.2, 0.25) is 0 Å². The Bertz CT molecular complexity index is 983. The van der Waals surface area contributed by atoms with E-state index in [9.17, 15) is 9.59 Å². The van der Waals surface area contributed by atoms with Gasteiger partial charge in [-0.1, -0.05) is 19.3 Å². The number of hydrogen-bond acceptors (Lipinski definition) is 5. The molecule has 0 spiro atoms. The van der Waals surface area contributed by atoms with E-state index in [0.29, 0.717) is 28.2 Å². The van der Waals surface area contributed by atoms with Crippen molar-refractivity contribution < 1.29 is 18.4 Å². The largest absolute Gasteiger partial charge is 0.484 e. The Hall–Kier alpha value is -3.02. The van der Waals surface area contributed by atoms with E-state index >= 15 is 0 Å². The maximum absolute atomic E-state index is 12.4. The molecule has 27 heavy (non-hydrogen) atoms. The summed E-state index contributed by atoms with van der Waals surface area (Å²) < 4.78 is 16.6. The van der Waals surface area contributed by atoms with Gasteiger partial charge in [0.1, 0.15) is 11.3 Å². The van der Waals surface area contributed by atoms with Gasteiger partial charge in [0, 0.05) is 12.1 Å². The number of rotatable bonds is 5. The summed E-state index contributed by atoms with van der Waals surface area (Å²) in [6.45, 7) is -0.0716. The van der Waals surface area contributed by atoms with E-state index in [-0.39, 0.29) is 24.0 Å². The third-order valence-corrected chi connectivity index (χ3v) is 4.80. The second kappa shape index (κ2) is 7.70. The molecule has 1 aliphatic rings. The van der Waals surface area contributed by atoms with Crippen molar-refractivity contribution in [1.82, 2.24) is 5.32 Å². The zero-order valence-electron chi connectivity index (χ0n) is 14.9. The second-order valence-electron chi connectivity index (χ2n) is 6.80. The van der Waals surface area contributed by atoms with Crippen LogP contribution in [0.5, 0.6) is 5.75 Å². The van der Waals surface area contributed by atoms with Crippen LogP contribution in [0, 0.1) is 0 Å². The summed E-state index contributed by atoms with van der Waals surface area (Å²) in [6, 6.07) is 10.0. The topological polar surface area (TPSA) is 81.7 Å². The Kier molecular flexibility index (Phi) is 4.96. The highest BCUT2D eigenvalue weighted by Crippen LogP contribution is 2.25. The fraction of sp³-hybridized carbons (Fsp3) is 0.333. The van der Waals surface area contributed by atoms with E-state index in [4.69, 9.17) is 13.6 Å². The molecule has 4 rings (SSSR count). The van der Waals surface area contributed by atoms with Crippen LogP contribution < -0.4 is 15.5 Å². The molecule has 0 unspecified atom stereocenters. The number of hydrogen-bond donors (Lipinski definition) is 1. The molecule has 1 amide bonds. The Labute approximate surface area is 156 Å². The summed E-state index contributed by atoms with van der Waals surface area (Å²) in [7, 11) is 0. The van der Waals surface area contributed by atoms with E-state index in [1.165, 1.54) is 18.8 Å². The van der Waals surface area contributed by atoms with Crippen molar-refractivity contribution >= 4 is 16.9 Å². The molecular formula is C21H21NO5. The number of amides is 1. The minimum absolute atomic E-state index is 0.0716. The van der Waals surface area contributed by atoms with Crippen molar-refractivity contribution in [2.45, 2.75) is 38.1 Å². The molecule has 3 aromatic rings. The molecule has 0 bridgehead atoms. The minimum atomic E-state index is -0.195. The van der Waals surface area contributed by atoms with Crippen LogP contribution in [0.1, 0.15) is 32.1 Å². The molecule has 2 aromatic heterocycles. The van der Waals surface area contributed by atoms with Crippen LogP contribution in [0.4, 0.5) is 0 Å². The normalized spacial score (nSPS) is 15.0. The summed E-state index contributed by atoms with van der Waals surface area (Å²) in [5.41, 5.74) is 0.243. The lowest BCUT2D eigenvalue weighted by molar-refractivity contribution is -0.124. The standard InChI is InChI=1S/C21H21NO5/c23-17-12-20(19-7-4-10-25-19)27-18-9-8-15(11-16(17)18)26-13-21(24)22-14-5-2-1-3-6-14/h4,7-12,14H,1-3,5-6,13H2,(H,22,24). The van der Waals surface area contributed by atoms with Crippen molar-refractivity contribution in [3.8, 4) is 17.3 Å². The Morgan fingerprint density at radius 3 is 2.74 bits per heavy atom. The average Bonchev–Trinajstić information content (AvgIpc) is 3.22. The van der Waals surface area contributed by atoms with Gasteiger partial charge in [-0.05, 0) is 43.2 Å². The smallest absolute Gasteiger partial charge is 0.258 e. The molecule has 140 valence electrons. The Morgan fingerprint density at radius 2 is 1.96 bits per heavy atom. The molecule has 1 aliphatic carbocycles. The van der Waals surface area contributed by atoms with Crippen molar-refractivity contribution in [1.29, 1.82) is 0 Å². The van der Waals surface area contributed by atoms with Crippen LogP contribution in [-0.4, -0.2) is 18.6 Å². The summed E-state index contributed by atoms with van der Waals surface area (Å²) in [4.78, 5) is 24.5. The molecular weight excluding hydrogens is 346 g/mol. The van der Waals surface area contributed by atoms with Gasteiger partial charge in [0.2, 0.25) is 0 Å². The third kappa shape index (κ3) is 4.05. The molecule has 1 N–H and O–H groups in total. The van der Waals surface area contributed by atoms with Crippen molar-refractivity contribution in [2.24, 2.45) is 0 Å². The summed E-state index contributed by atoms with van der Waals surface area (Å²) in [5, 5.41) is 3.40. The summed E-state index contributed by atoms with van der Waals surface area (Å²) >= 11 is 0. The highest BCUT2D eigenvalue weighted by molar-refractivity contribution is 5.80. The number of nitrogens with one attached hydrogen (secondary N) is 1. The average molecular weight is 367 g/mol. The number of fused-ring (bicyclic) bond motifs is 1. The first kappa shape index (κ1) is 17.4. The van der Waals surface area contributed by atoms with Gasteiger partial charge in [-0.15, -0.1) is 0 Å². The lowest BCUT2D eigenvalue weighted by Crippen LogP contribution is -2.38. The lowest BCUT2D eigenvalue weighted by atomic mass is 9.95. The lowest BCUT2D eigenvalue weighted by Gasteiger charge is -2.22. The Balaban J connectivity index is 1.45. The van der Waals surface area contributed by atoms with Gasteiger partial charge in [0.25, 0.3) is 5.91 Å². The molecule has 0 radical (unpaired) electrons. The zero-order chi connectivity index (χ0) is 18.6. The van der Waals surface area contributed by atoms with Gasteiger partial charge in [-0.25, -0.2) is 0 Å². The predicted molar refractivity (Wildman–Crippen MR) is 101 cm³/mol. The molecule has 0 saturated heterocycles. The van der Waals surface area contributed by atoms with E-state index < -0.39 is 0 Å². The molecule has 0 atom stereocenters. The highest BCUT2D eigenvalue weighted by Gasteiger charge is 2.16. The van der Waals surface area contributed by atoms with Crippen molar-refractivity contribution in [3.63, 3.8) is 0 Å². The summed E-state index contributed by atoms with van der Waals surface area (Å²) in [6.07, 6.45) is 7.14. The number of carbonyl (C=O) groups is 1. The first-order valence-corrected chi connectivity index (χ1v) is 9.23. The predicted octanol–water partition coefficient (Wildman–Crippen LogP) is 3.88. The van der Waals surface area contributed by atoms with E-state index in [0.717, 1.165) is 25.7 Å².